The van der Waals surface area contributed by atoms with Crippen molar-refractivity contribution in [2.45, 2.75) is 36.7 Å². The van der Waals surface area contributed by atoms with Gasteiger partial charge in [0.15, 0.2) is 15.8 Å². The number of hydrogen-bond donors (Lipinski definition) is 5. The van der Waals surface area contributed by atoms with E-state index in [1.165, 1.54) is 12.1 Å². The number of aliphatic carboxylic acids is 1. The van der Waals surface area contributed by atoms with Crippen molar-refractivity contribution in [3.05, 3.63) is 58.1 Å². The lowest BCUT2D eigenvalue weighted by atomic mass is 10.1. The molecule has 0 saturated carbocycles. The van der Waals surface area contributed by atoms with Gasteiger partial charge in [-0.05, 0) is 54.8 Å². The fourth-order valence-corrected chi connectivity index (χ4v) is 4.75. The van der Waals surface area contributed by atoms with E-state index in [1.54, 1.807) is 6.07 Å². The molecule has 17 heteroatoms. The maximum Gasteiger partial charge on any atom is 0.573 e. The first-order chi connectivity index (χ1) is 18.1. The highest BCUT2D eigenvalue weighted by Crippen LogP contribution is 2.25. The van der Waals surface area contributed by atoms with E-state index in [1.807, 2.05) is 0 Å². The van der Waals surface area contributed by atoms with Crippen LogP contribution in [0, 0.1) is 5.41 Å². The molecule has 2 rings (SSSR count). The second kappa shape index (κ2) is 13.7. The van der Waals surface area contributed by atoms with E-state index in [0.29, 0.717) is 10.6 Å². The van der Waals surface area contributed by atoms with Gasteiger partial charge < -0.3 is 20.9 Å². The van der Waals surface area contributed by atoms with Crippen molar-refractivity contribution in [1.29, 1.82) is 5.41 Å². The monoisotopic (exact) mass is 613 g/mol. The number of nitrogens with two attached hydrogens (primary N) is 1. The number of alkyl halides is 3. The summed E-state index contributed by atoms with van der Waals surface area (Å²) >= 11 is 11.9. The summed E-state index contributed by atoms with van der Waals surface area (Å²) in [6, 6.07) is 6.17. The Hall–Kier alpha value is -3.27. The van der Waals surface area contributed by atoms with Crippen molar-refractivity contribution in [3.63, 3.8) is 0 Å². The number of amides is 1. The third kappa shape index (κ3) is 10.4. The molecule has 0 bridgehead atoms. The van der Waals surface area contributed by atoms with Gasteiger partial charge in [0.1, 0.15) is 17.5 Å². The average molecular weight is 614 g/mol. The second-order valence-corrected chi connectivity index (χ2v) is 10.8. The van der Waals surface area contributed by atoms with E-state index in [9.17, 15) is 36.3 Å². The Labute approximate surface area is 231 Å². The zero-order valence-electron chi connectivity index (χ0n) is 20.0. The van der Waals surface area contributed by atoms with E-state index in [4.69, 9.17) is 34.3 Å². The number of nitrogens with zero attached hydrogens (tertiary/aromatic N) is 1. The third-order valence-corrected chi connectivity index (χ3v) is 7.36. The zero-order chi connectivity index (χ0) is 29.4. The van der Waals surface area contributed by atoms with Crippen LogP contribution in [0.15, 0.2) is 47.4 Å². The van der Waals surface area contributed by atoms with Gasteiger partial charge in [-0.15, -0.1) is 13.2 Å². The normalized spacial score (nSPS) is 12.4. The number of carboxylic acids is 1. The number of carbonyl (C=O) groups is 2. The number of rotatable bonds is 13. The Balaban J connectivity index is 2.27. The van der Waals surface area contributed by atoms with Crippen molar-refractivity contribution >= 4 is 50.9 Å². The van der Waals surface area contributed by atoms with Crippen molar-refractivity contribution in [1.82, 2.24) is 15.8 Å². The van der Waals surface area contributed by atoms with Crippen molar-refractivity contribution in [2.75, 3.05) is 12.3 Å². The van der Waals surface area contributed by atoms with Crippen molar-refractivity contribution in [2.24, 2.45) is 5.73 Å². The lowest BCUT2D eigenvalue weighted by Gasteiger charge is -2.30. The molecular weight excluding hydrogens is 590 g/mol. The van der Waals surface area contributed by atoms with Crippen LogP contribution in [-0.4, -0.2) is 61.1 Å². The van der Waals surface area contributed by atoms with Gasteiger partial charge in [0.2, 0.25) is 0 Å². The molecule has 6 N–H and O–H groups in total. The molecule has 39 heavy (non-hydrogen) atoms. The summed E-state index contributed by atoms with van der Waals surface area (Å²) in [5.41, 5.74) is 8.32. The van der Waals surface area contributed by atoms with Gasteiger partial charge >= 0.3 is 12.3 Å². The number of ether oxygens (including phenoxy) is 1. The first kappa shape index (κ1) is 31.9. The van der Waals surface area contributed by atoms with Gasteiger partial charge in [-0.25, -0.2) is 18.6 Å². The van der Waals surface area contributed by atoms with Crippen LogP contribution in [0.1, 0.15) is 18.4 Å². The molecule has 214 valence electrons. The van der Waals surface area contributed by atoms with Gasteiger partial charge in [-0.2, -0.15) is 0 Å². The van der Waals surface area contributed by atoms with E-state index < -0.39 is 50.5 Å². The first-order valence-corrected chi connectivity index (χ1v) is 13.4. The highest BCUT2D eigenvalue weighted by molar-refractivity contribution is 7.92. The molecule has 1 amide bonds. The summed E-state index contributed by atoms with van der Waals surface area (Å²) in [4.78, 5) is 24.7. The Morgan fingerprint density at radius 2 is 1.77 bits per heavy atom. The topological polar surface area (TPSA) is 175 Å². The minimum absolute atomic E-state index is 0.110. The molecule has 1 atom stereocenters. The Kier molecular flexibility index (Phi) is 11.2. The third-order valence-electron chi connectivity index (χ3n) is 5.00. The minimum atomic E-state index is -4.98. The highest BCUT2D eigenvalue weighted by atomic mass is 35.5. The molecule has 0 unspecified atom stereocenters. The summed E-state index contributed by atoms with van der Waals surface area (Å²) in [5.74, 6) is -4.79. The van der Waals surface area contributed by atoms with E-state index in [0.717, 1.165) is 24.3 Å². The molecule has 0 aliphatic heterocycles. The summed E-state index contributed by atoms with van der Waals surface area (Å²) in [6.45, 7) is -0.0276. The summed E-state index contributed by atoms with van der Waals surface area (Å²) < 4.78 is 66.6. The number of benzene rings is 2. The second-order valence-electron chi connectivity index (χ2n) is 7.96. The molecule has 0 fully saturated rings. The number of halogens is 5. The maximum atomic E-state index is 13.1. The summed E-state index contributed by atoms with van der Waals surface area (Å²) in [7, 11) is -4.41. The van der Waals surface area contributed by atoms with Crippen molar-refractivity contribution in [3.8, 4) is 5.75 Å². The number of sulfone groups is 1. The predicted molar refractivity (Wildman–Crippen MR) is 136 cm³/mol. The van der Waals surface area contributed by atoms with Crippen LogP contribution in [0.5, 0.6) is 5.75 Å². The number of guanidine groups is 1. The zero-order valence-corrected chi connectivity index (χ0v) is 22.3. The van der Waals surface area contributed by atoms with Gasteiger partial charge in [0.25, 0.3) is 5.91 Å². The van der Waals surface area contributed by atoms with Gasteiger partial charge in [-0.1, -0.05) is 29.3 Å². The Morgan fingerprint density at radius 1 is 1.13 bits per heavy atom. The van der Waals surface area contributed by atoms with Crippen molar-refractivity contribution < 1.29 is 41.0 Å². The largest absolute Gasteiger partial charge is 0.573 e. The fourth-order valence-electron chi connectivity index (χ4n) is 3.24. The van der Waals surface area contributed by atoms with Gasteiger partial charge in [0.05, 0.1) is 14.9 Å². The Bertz CT molecular complexity index is 1300. The Morgan fingerprint density at radius 3 is 2.31 bits per heavy atom. The standard InChI is InChI=1S/C22H24Cl2F3N5O6S/c23-16-8-3-13(10-17(16)24)11-31-32(18(20(34)35)2-1-9-30-21(28)29)19(33)12-39(36,37)15-6-4-14(5-7-15)38-22(25,26)27/h3-8,10,18,31H,1-2,9,11-12H2,(H,34,35)(H4,28,29,30)/t18-/m0/s1. The molecule has 2 aromatic carbocycles. The molecule has 2 aromatic rings. The smallest absolute Gasteiger partial charge is 0.480 e. The van der Waals surface area contributed by atoms with Crippen LogP contribution in [-0.2, 0) is 26.0 Å². The molecule has 0 aliphatic carbocycles. The molecule has 11 nitrogen and oxygen atoms in total. The average Bonchev–Trinajstić information content (AvgIpc) is 2.81. The van der Waals surface area contributed by atoms with E-state index in [2.05, 4.69) is 15.5 Å². The number of hydrazine groups is 1. The minimum Gasteiger partial charge on any atom is -0.480 e. The lowest BCUT2D eigenvalue weighted by Crippen LogP contribution is -2.54. The fraction of sp³-hybridized carbons (Fsp3) is 0.318. The molecule has 0 heterocycles. The van der Waals surface area contributed by atoms with Crippen LogP contribution in [0.25, 0.3) is 0 Å². The quantitative estimate of drug-likeness (QED) is 0.0984. The number of hydrogen-bond acceptors (Lipinski definition) is 7. The number of carboxylic acid groups (broad SMARTS) is 1. The van der Waals surface area contributed by atoms with E-state index >= 15 is 0 Å². The highest BCUT2D eigenvalue weighted by Gasteiger charge is 2.34. The molecule has 0 spiro atoms. The van der Waals surface area contributed by atoms with Crippen LogP contribution < -0.4 is 21.2 Å². The number of nitrogens with one attached hydrogen (secondary N) is 3. The predicted octanol–water partition coefficient (Wildman–Crippen LogP) is 2.92. The molecule has 0 radical (unpaired) electrons. The van der Waals surface area contributed by atoms with Crippen LogP contribution >= 0.6 is 23.2 Å². The van der Waals surface area contributed by atoms with Crippen LogP contribution in [0.4, 0.5) is 13.2 Å². The SMILES string of the molecule is N=C(N)NCCC[C@@H](C(=O)O)N(NCc1ccc(Cl)c(Cl)c1)C(=O)CS(=O)(=O)c1ccc(OC(F)(F)F)cc1. The summed E-state index contributed by atoms with van der Waals surface area (Å²) in [6.07, 6.45) is -5.00. The van der Waals surface area contributed by atoms with Gasteiger partial charge in [0, 0.05) is 13.1 Å². The van der Waals surface area contributed by atoms with E-state index in [-0.39, 0.29) is 41.9 Å². The summed E-state index contributed by atoms with van der Waals surface area (Å²) in [5, 5.41) is 20.6. The maximum absolute atomic E-state index is 13.1. The molecular formula is C22H24Cl2F3N5O6S. The van der Waals surface area contributed by atoms with Crippen LogP contribution in [0.3, 0.4) is 0 Å². The van der Waals surface area contributed by atoms with Crippen LogP contribution in [0.2, 0.25) is 10.0 Å². The lowest BCUT2D eigenvalue weighted by molar-refractivity contribution is -0.274. The molecule has 0 saturated heterocycles. The first-order valence-electron chi connectivity index (χ1n) is 11.0. The molecule has 0 aromatic heterocycles. The number of carbonyl (C=O) groups excluding carboxylic acids is 1. The van der Waals surface area contributed by atoms with Gasteiger partial charge in [-0.3, -0.25) is 15.2 Å². The molecule has 0 aliphatic rings.